The highest BCUT2D eigenvalue weighted by molar-refractivity contribution is 6.28. The molecule has 0 spiro atoms. The van der Waals surface area contributed by atoms with Crippen LogP contribution in [0, 0.1) is 0 Å². The van der Waals surface area contributed by atoms with Crippen LogP contribution < -0.4 is 10.6 Å². The first-order valence-electron chi connectivity index (χ1n) is 7.02. The molecule has 3 aromatic rings. The topological polar surface area (TPSA) is 75.9 Å². The number of hydrogen-bond donors (Lipinski definition) is 2. The number of anilines is 3. The van der Waals surface area contributed by atoms with Gasteiger partial charge in [-0.15, -0.1) is 0 Å². The smallest absolute Gasteiger partial charge is 0.416 e. The minimum Gasteiger partial charge on any atom is -0.467 e. The molecule has 1 aromatic carbocycles. The predicted molar refractivity (Wildman–Crippen MR) is 85.6 cm³/mol. The van der Waals surface area contributed by atoms with Crippen molar-refractivity contribution in [2.75, 3.05) is 10.6 Å². The first-order chi connectivity index (χ1) is 11.9. The van der Waals surface area contributed by atoms with Gasteiger partial charge in [0.1, 0.15) is 5.76 Å². The zero-order valence-corrected chi connectivity index (χ0v) is 13.3. The van der Waals surface area contributed by atoms with E-state index < -0.39 is 11.7 Å². The van der Waals surface area contributed by atoms with Crippen LogP contribution in [0.5, 0.6) is 0 Å². The van der Waals surface area contributed by atoms with E-state index in [-0.39, 0.29) is 22.9 Å². The Bertz CT molecular complexity index is 855. The van der Waals surface area contributed by atoms with E-state index in [1.54, 1.807) is 12.1 Å². The minimum atomic E-state index is -4.44. The lowest BCUT2D eigenvalue weighted by molar-refractivity contribution is -0.137. The van der Waals surface area contributed by atoms with Crippen molar-refractivity contribution in [2.24, 2.45) is 0 Å². The van der Waals surface area contributed by atoms with E-state index in [2.05, 4.69) is 25.6 Å². The quantitative estimate of drug-likeness (QED) is 0.690. The number of furan rings is 1. The molecule has 2 N–H and O–H groups in total. The summed E-state index contributed by atoms with van der Waals surface area (Å²) in [6.45, 7) is 0.316. The molecule has 130 valence electrons. The van der Waals surface area contributed by atoms with Crippen LogP contribution in [0.15, 0.2) is 47.1 Å². The number of benzene rings is 1. The maximum atomic E-state index is 12.8. The van der Waals surface area contributed by atoms with Gasteiger partial charge in [-0.3, -0.25) is 0 Å². The van der Waals surface area contributed by atoms with Gasteiger partial charge >= 0.3 is 6.18 Å². The van der Waals surface area contributed by atoms with Gasteiger partial charge < -0.3 is 15.1 Å². The lowest BCUT2D eigenvalue weighted by Crippen LogP contribution is -2.08. The van der Waals surface area contributed by atoms with E-state index in [4.69, 9.17) is 16.0 Å². The Labute approximate surface area is 145 Å². The summed E-state index contributed by atoms with van der Waals surface area (Å²) in [5, 5.41) is 5.46. The van der Waals surface area contributed by atoms with Gasteiger partial charge in [-0.05, 0) is 41.9 Å². The van der Waals surface area contributed by atoms with Gasteiger partial charge in [-0.25, -0.2) is 0 Å². The molecular weight excluding hydrogens is 359 g/mol. The number of alkyl halides is 3. The van der Waals surface area contributed by atoms with Crippen LogP contribution in [0.2, 0.25) is 5.28 Å². The normalized spacial score (nSPS) is 11.4. The van der Waals surface area contributed by atoms with Gasteiger partial charge in [0.2, 0.25) is 17.2 Å². The Morgan fingerprint density at radius 2 is 1.84 bits per heavy atom. The monoisotopic (exact) mass is 369 g/mol. The minimum absolute atomic E-state index is 0.0151. The van der Waals surface area contributed by atoms with Crippen molar-refractivity contribution in [3.63, 3.8) is 0 Å². The molecule has 2 heterocycles. The summed E-state index contributed by atoms with van der Waals surface area (Å²) in [4.78, 5) is 11.8. The Morgan fingerprint density at radius 1 is 1.04 bits per heavy atom. The molecule has 3 rings (SSSR count). The number of hydrogen-bond acceptors (Lipinski definition) is 6. The Kier molecular flexibility index (Phi) is 4.75. The van der Waals surface area contributed by atoms with Gasteiger partial charge in [-0.1, -0.05) is 6.07 Å². The highest BCUT2D eigenvalue weighted by Gasteiger charge is 2.30. The van der Waals surface area contributed by atoms with Crippen molar-refractivity contribution in [1.82, 2.24) is 15.0 Å². The number of halogens is 4. The van der Waals surface area contributed by atoms with E-state index in [9.17, 15) is 13.2 Å². The molecule has 0 aliphatic carbocycles. The first kappa shape index (κ1) is 17.0. The van der Waals surface area contributed by atoms with E-state index >= 15 is 0 Å². The molecule has 0 atom stereocenters. The van der Waals surface area contributed by atoms with Gasteiger partial charge in [0.15, 0.2) is 0 Å². The number of nitrogens with zero attached hydrogens (tertiary/aromatic N) is 3. The predicted octanol–water partition coefficient (Wildman–Crippen LogP) is 4.49. The van der Waals surface area contributed by atoms with Crippen molar-refractivity contribution < 1.29 is 17.6 Å². The maximum Gasteiger partial charge on any atom is 0.416 e. The maximum absolute atomic E-state index is 12.8. The summed E-state index contributed by atoms with van der Waals surface area (Å²) in [7, 11) is 0. The van der Waals surface area contributed by atoms with Crippen LogP contribution in [-0.2, 0) is 12.7 Å². The van der Waals surface area contributed by atoms with Crippen LogP contribution in [-0.4, -0.2) is 15.0 Å². The summed E-state index contributed by atoms with van der Waals surface area (Å²) >= 11 is 5.84. The van der Waals surface area contributed by atoms with Gasteiger partial charge in [-0.2, -0.15) is 28.1 Å². The van der Waals surface area contributed by atoms with E-state index in [1.807, 2.05) is 0 Å². The van der Waals surface area contributed by atoms with Crippen LogP contribution in [0.4, 0.5) is 30.8 Å². The lowest BCUT2D eigenvalue weighted by atomic mass is 10.2. The average Bonchev–Trinajstić information content (AvgIpc) is 3.05. The number of nitrogens with one attached hydrogen (secondary N) is 2. The fourth-order valence-electron chi connectivity index (χ4n) is 1.97. The molecule has 0 radical (unpaired) electrons. The van der Waals surface area contributed by atoms with Crippen molar-refractivity contribution in [3.05, 3.63) is 59.3 Å². The zero-order valence-electron chi connectivity index (χ0n) is 12.5. The molecule has 0 amide bonds. The molecule has 0 unspecified atom stereocenters. The molecule has 10 heteroatoms. The average molecular weight is 370 g/mol. The largest absolute Gasteiger partial charge is 0.467 e. The Morgan fingerprint density at radius 3 is 2.56 bits per heavy atom. The molecule has 0 bridgehead atoms. The highest BCUT2D eigenvalue weighted by atomic mass is 35.5. The van der Waals surface area contributed by atoms with Gasteiger partial charge in [0.05, 0.1) is 18.4 Å². The summed E-state index contributed by atoms with van der Waals surface area (Å²) < 4.78 is 43.4. The standard InChI is InChI=1S/C15H11ClF3N5O/c16-12-22-13(20-8-11-5-2-6-25-11)24-14(23-12)21-10-4-1-3-9(7-10)15(17,18)19/h1-7H,8H2,(H2,20,21,22,23,24). The summed E-state index contributed by atoms with van der Waals surface area (Å²) in [5.74, 6) is 0.830. The fraction of sp³-hybridized carbons (Fsp3) is 0.133. The third-order valence-corrected chi connectivity index (χ3v) is 3.22. The van der Waals surface area contributed by atoms with E-state index in [0.717, 1.165) is 12.1 Å². The summed E-state index contributed by atoms with van der Waals surface area (Å²) in [6, 6.07) is 8.16. The van der Waals surface area contributed by atoms with E-state index in [0.29, 0.717) is 12.3 Å². The second-order valence-corrected chi connectivity index (χ2v) is 5.23. The van der Waals surface area contributed by atoms with Gasteiger partial charge in [0, 0.05) is 5.69 Å². The molecule has 0 aliphatic rings. The molecule has 0 fully saturated rings. The highest BCUT2D eigenvalue weighted by Crippen LogP contribution is 2.31. The molecule has 0 saturated carbocycles. The second kappa shape index (κ2) is 6.98. The summed E-state index contributed by atoms with van der Waals surface area (Å²) in [5.41, 5.74) is -0.608. The van der Waals surface area contributed by atoms with Crippen LogP contribution in [0.3, 0.4) is 0 Å². The number of aromatic nitrogens is 3. The number of rotatable bonds is 5. The summed E-state index contributed by atoms with van der Waals surface area (Å²) in [6.07, 6.45) is -2.91. The SMILES string of the molecule is FC(F)(F)c1cccc(Nc2nc(Cl)nc(NCc3ccco3)n2)c1. The first-order valence-corrected chi connectivity index (χ1v) is 7.40. The third kappa shape index (κ3) is 4.60. The molecule has 2 aromatic heterocycles. The molecule has 0 saturated heterocycles. The fourth-order valence-corrected chi connectivity index (χ4v) is 2.13. The molecular formula is C15H11ClF3N5O. The molecule has 25 heavy (non-hydrogen) atoms. The molecule has 6 nitrogen and oxygen atoms in total. The van der Waals surface area contributed by atoms with Crippen molar-refractivity contribution >= 4 is 29.2 Å². The second-order valence-electron chi connectivity index (χ2n) is 4.89. The Hall–Kier alpha value is -2.81. The van der Waals surface area contributed by atoms with E-state index in [1.165, 1.54) is 18.4 Å². The van der Waals surface area contributed by atoms with Gasteiger partial charge in [0.25, 0.3) is 0 Å². The van der Waals surface area contributed by atoms with Crippen LogP contribution in [0.25, 0.3) is 0 Å². The van der Waals surface area contributed by atoms with Crippen molar-refractivity contribution in [2.45, 2.75) is 12.7 Å². The molecule has 0 aliphatic heterocycles. The Balaban J connectivity index is 1.76. The van der Waals surface area contributed by atoms with Crippen LogP contribution in [0.1, 0.15) is 11.3 Å². The van der Waals surface area contributed by atoms with Crippen molar-refractivity contribution in [1.29, 1.82) is 0 Å². The van der Waals surface area contributed by atoms with Crippen molar-refractivity contribution in [3.8, 4) is 0 Å². The lowest BCUT2D eigenvalue weighted by Gasteiger charge is -2.10. The third-order valence-electron chi connectivity index (χ3n) is 3.05. The van der Waals surface area contributed by atoms with Crippen LogP contribution >= 0.6 is 11.6 Å². The zero-order chi connectivity index (χ0) is 17.9.